The van der Waals surface area contributed by atoms with E-state index in [4.69, 9.17) is 4.52 Å². The van der Waals surface area contributed by atoms with Gasteiger partial charge in [0.15, 0.2) is 5.82 Å². The van der Waals surface area contributed by atoms with Crippen LogP contribution >= 0.6 is 0 Å². The van der Waals surface area contributed by atoms with Crippen LogP contribution in [0.15, 0.2) is 29.0 Å². The molecule has 0 saturated carbocycles. The fraction of sp³-hybridized carbons (Fsp3) is 0.500. The second kappa shape index (κ2) is 5.90. The van der Waals surface area contributed by atoms with Crippen molar-refractivity contribution in [2.75, 3.05) is 0 Å². The Bertz CT molecular complexity index is 558. The second-order valence-electron chi connectivity index (χ2n) is 5.34. The summed E-state index contributed by atoms with van der Waals surface area (Å²) in [5.74, 6) is 0.974. The fourth-order valence-electron chi connectivity index (χ4n) is 1.96. The smallest absolute Gasteiger partial charge is 0.251 e. The van der Waals surface area contributed by atoms with Crippen LogP contribution in [-0.4, -0.2) is 20.6 Å². The van der Waals surface area contributed by atoms with Gasteiger partial charge in [0, 0.05) is 25.4 Å². The number of hydrogen-bond acceptors (Lipinski definition) is 4. The zero-order valence-electron chi connectivity index (χ0n) is 12.1. The number of rotatable bonds is 6. The van der Waals surface area contributed by atoms with Gasteiger partial charge < -0.3 is 14.4 Å². The first kappa shape index (κ1) is 14.3. The predicted molar refractivity (Wildman–Crippen MR) is 73.9 cm³/mol. The number of amides is 1. The van der Waals surface area contributed by atoms with Crippen LogP contribution in [-0.2, 0) is 16.9 Å². The number of nitrogens with zero attached hydrogens (tertiary/aromatic N) is 3. The van der Waals surface area contributed by atoms with Crippen LogP contribution in [0.3, 0.4) is 0 Å². The van der Waals surface area contributed by atoms with Gasteiger partial charge in [-0.15, -0.1) is 0 Å². The van der Waals surface area contributed by atoms with Crippen molar-refractivity contribution >= 4 is 5.91 Å². The van der Waals surface area contributed by atoms with Gasteiger partial charge in [0.25, 0.3) is 5.89 Å². The normalized spacial score (nSPS) is 11.6. The molecular formula is C14H20N4O2. The SMILES string of the molecule is Cc1noc(C(C)(C)NC(=O)CCCn2cccc2)n1. The molecule has 0 saturated heterocycles. The van der Waals surface area contributed by atoms with Gasteiger partial charge in [-0.1, -0.05) is 5.16 Å². The van der Waals surface area contributed by atoms with Crippen molar-refractivity contribution in [3.8, 4) is 0 Å². The maximum absolute atomic E-state index is 12.0. The van der Waals surface area contributed by atoms with Crippen LogP contribution in [0.1, 0.15) is 38.4 Å². The summed E-state index contributed by atoms with van der Waals surface area (Å²) in [5.41, 5.74) is -0.647. The summed E-state index contributed by atoms with van der Waals surface area (Å²) in [7, 11) is 0. The molecular weight excluding hydrogens is 256 g/mol. The lowest BCUT2D eigenvalue weighted by Crippen LogP contribution is -2.41. The quantitative estimate of drug-likeness (QED) is 0.876. The third-order valence-electron chi connectivity index (χ3n) is 3.00. The van der Waals surface area contributed by atoms with E-state index in [2.05, 4.69) is 20.0 Å². The van der Waals surface area contributed by atoms with E-state index in [0.717, 1.165) is 13.0 Å². The monoisotopic (exact) mass is 276 g/mol. The van der Waals surface area contributed by atoms with E-state index >= 15 is 0 Å². The standard InChI is InChI=1S/C14H20N4O2/c1-11-15-13(20-17-11)14(2,3)16-12(19)7-6-10-18-8-4-5-9-18/h4-5,8-9H,6-7,10H2,1-3H3,(H,16,19). The largest absolute Gasteiger partial charge is 0.354 e. The average Bonchev–Trinajstić information content (AvgIpc) is 2.99. The van der Waals surface area contributed by atoms with E-state index in [1.165, 1.54) is 0 Å². The molecule has 2 rings (SSSR count). The fourth-order valence-corrected chi connectivity index (χ4v) is 1.96. The molecule has 20 heavy (non-hydrogen) atoms. The first-order valence-electron chi connectivity index (χ1n) is 6.70. The van der Waals surface area contributed by atoms with E-state index in [0.29, 0.717) is 18.1 Å². The Morgan fingerprint density at radius 2 is 2.10 bits per heavy atom. The minimum atomic E-state index is -0.647. The maximum Gasteiger partial charge on any atom is 0.251 e. The number of hydrogen-bond donors (Lipinski definition) is 1. The first-order valence-corrected chi connectivity index (χ1v) is 6.70. The van der Waals surface area contributed by atoms with Gasteiger partial charge in [0.2, 0.25) is 5.91 Å². The van der Waals surface area contributed by atoms with Crippen molar-refractivity contribution in [1.82, 2.24) is 20.0 Å². The van der Waals surface area contributed by atoms with Crippen LogP contribution in [0.5, 0.6) is 0 Å². The predicted octanol–water partition coefficient (Wildman–Crippen LogP) is 2.01. The van der Waals surface area contributed by atoms with Crippen molar-refractivity contribution in [2.24, 2.45) is 0 Å². The van der Waals surface area contributed by atoms with E-state index in [-0.39, 0.29) is 5.91 Å². The van der Waals surface area contributed by atoms with E-state index in [9.17, 15) is 4.79 Å². The average molecular weight is 276 g/mol. The Labute approximate surface area is 118 Å². The lowest BCUT2D eigenvalue weighted by molar-refractivity contribution is -0.123. The van der Waals surface area contributed by atoms with Crippen LogP contribution in [0.4, 0.5) is 0 Å². The van der Waals surface area contributed by atoms with Crippen molar-refractivity contribution in [1.29, 1.82) is 0 Å². The van der Waals surface area contributed by atoms with Crippen molar-refractivity contribution in [2.45, 2.75) is 45.7 Å². The Morgan fingerprint density at radius 1 is 1.40 bits per heavy atom. The van der Waals surface area contributed by atoms with Crippen LogP contribution < -0.4 is 5.32 Å². The Morgan fingerprint density at radius 3 is 2.70 bits per heavy atom. The summed E-state index contributed by atoms with van der Waals surface area (Å²) in [6.07, 6.45) is 5.24. The lowest BCUT2D eigenvalue weighted by atomic mass is 10.1. The van der Waals surface area contributed by atoms with Crippen molar-refractivity contribution in [3.63, 3.8) is 0 Å². The molecule has 0 unspecified atom stereocenters. The van der Waals surface area contributed by atoms with E-state index in [1.807, 2.05) is 38.4 Å². The minimum Gasteiger partial charge on any atom is -0.354 e. The van der Waals surface area contributed by atoms with Gasteiger partial charge in [-0.3, -0.25) is 4.79 Å². The highest BCUT2D eigenvalue weighted by atomic mass is 16.5. The van der Waals surface area contributed by atoms with Crippen molar-refractivity contribution in [3.05, 3.63) is 36.2 Å². The molecule has 2 aromatic rings. The molecule has 0 aliphatic carbocycles. The highest BCUT2D eigenvalue weighted by molar-refractivity contribution is 5.76. The molecule has 0 atom stereocenters. The molecule has 0 radical (unpaired) electrons. The van der Waals surface area contributed by atoms with Crippen molar-refractivity contribution < 1.29 is 9.32 Å². The number of carbonyl (C=O) groups excluding carboxylic acids is 1. The zero-order valence-corrected chi connectivity index (χ0v) is 12.1. The summed E-state index contributed by atoms with van der Waals surface area (Å²) in [5, 5.41) is 6.67. The number of carbonyl (C=O) groups is 1. The molecule has 6 nitrogen and oxygen atoms in total. The topological polar surface area (TPSA) is 73.0 Å². The summed E-state index contributed by atoms with van der Waals surface area (Å²) in [6.45, 7) is 6.29. The van der Waals surface area contributed by atoms with Gasteiger partial charge >= 0.3 is 0 Å². The van der Waals surface area contributed by atoms with Gasteiger partial charge in [-0.2, -0.15) is 4.98 Å². The molecule has 2 heterocycles. The van der Waals surface area contributed by atoms with E-state index in [1.54, 1.807) is 6.92 Å². The van der Waals surface area contributed by atoms with Gasteiger partial charge in [0.05, 0.1) is 0 Å². The molecule has 108 valence electrons. The first-order chi connectivity index (χ1) is 9.47. The minimum absolute atomic E-state index is 0.0157. The number of nitrogens with one attached hydrogen (secondary N) is 1. The third-order valence-corrected chi connectivity index (χ3v) is 3.00. The molecule has 6 heteroatoms. The summed E-state index contributed by atoms with van der Waals surface area (Å²) < 4.78 is 7.17. The summed E-state index contributed by atoms with van der Waals surface area (Å²) in [4.78, 5) is 16.1. The molecule has 2 aromatic heterocycles. The Kier molecular flexibility index (Phi) is 4.22. The highest BCUT2D eigenvalue weighted by Crippen LogP contribution is 2.17. The molecule has 1 amide bonds. The number of aromatic nitrogens is 3. The number of aryl methyl sites for hydroxylation is 2. The van der Waals surface area contributed by atoms with Crippen LogP contribution in [0, 0.1) is 6.92 Å². The summed E-state index contributed by atoms with van der Waals surface area (Å²) in [6, 6.07) is 3.95. The molecule has 1 N–H and O–H groups in total. The van der Waals surface area contributed by atoms with Gasteiger partial charge in [-0.05, 0) is 39.3 Å². The highest BCUT2D eigenvalue weighted by Gasteiger charge is 2.28. The Balaban J connectivity index is 1.81. The molecule has 0 bridgehead atoms. The molecule has 0 spiro atoms. The Hall–Kier alpha value is -2.11. The van der Waals surface area contributed by atoms with Crippen LogP contribution in [0.2, 0.25) is 0 Å². The van der Waals surface area contributed by atoms with Crippen LogP contribution in [0.25, 0.3) is 0 Å². The molecule has 0 aliphatic heterocycles. The summed E-state index contributed by atoms with van der Waals surface area (Å²) >= 11 is 0. The lowest BCUT2D eigenvalue weighted by Gasteiger charge is -2.21. The molecule has 0 fully saturated rings. The second-order valence-corrected chi connectivity index (χ2v) is 5.34. The third kappa shape index (κ3) is 3.69. The maximum atomic E-state index is 12.0. The van der Waals surface area contributed by atoms with Gasteiger partial charge in [0.1, 0.15) is 5.54 Å². The molecule has 0 aliphatic rings. The van der Waals surface area contributed by atoms with E-state index < -0.39 is 5.54 Å². The molecule has 0 aromatic carbocycles. The zero-order chi connectivity index (χ0) is 14.6. The van der Waals surface area contributed by atoms with Gasteiger partial charge in [-0.25, -0.2) is 0 Å².